The molecule has 6 heteroatoms. The average molecular weight is 305 g/mol. The zero-order valence-electron chi connectivity index (χ0n) is 11.9. The Morgan fingerprint density at radius 2 is 2.19 bits per heavy atom. The Hall–Kier alpha value is -2.27. The molecule has 0 saturated carbocycles. The third kappa shape index (κ3) is 3.86. The van der Waals surface area contributed by atoms with Crippen molar-refractivity contribution >= 4 is 23.4 Å². The molecule has 0 saturated heterocycles. The zero-order valence-corrected chi connectivity index (χ0v) is 12.7. The summed E-state index contributed by atoms with van der Waals surface area (Å²) in [5.74, 6) is 1.65. The normalized spacial score (nSPS) is 11.3. The molecule has 1 aromatic heterocycles. The van der Waals surface area contributed by atoms with Gasteiger partial charge in [0.25, 0.3) is 0 Å². The van der Waals surface area contributed by atoms with Crippen molar-refractivity contribution in [2.45, 2.75) is 13.5 Å². The lowest BCUT2D eigenvalue weighted by atomic mass is 10.2. The Morgan fingerprint density at radius 1 is 1.38 bits per heavy atom. The van der Waals surface area contributed by atoms with E-state index in [0.29, 0.717) is 23.1 Å². The van der Waals surface area contributed by atoms with Gasteiger partial charge in [0.2, 0.25) is 0 Å². The molecule has 0 spiro atoms. The van der Waals surface area contributed by atoms with Crippen LogP contribution in [0.2, 0.25) is 5.02 Å². The number of halogens is 1. The molecule has 1 heterocycles. The highest BCUT2D eigenvalue weighted by atomic mass is 35.5. The first-order valence-electron chi connectivity index (χ1n) is 6.41. The van der Waals surface area contributed by atoms with Crippen molar-refractivity contribution in [2.24, 2.45) is 10.7 Å². The van der Waals surface area contributed by atoms with Crippen molar-refractivity contribution in [1.82, 2.24) is 4.98 Å². The molecule has 0 aliphatic carbocycles. The topological polar surface area (TPSA) is 72.5 Å². The minimum absolute atomic E-state index is 0.277. The molecule has 0 amide bonds. The lowest BCUT2D eigenvalue weighted by Crippen LogP contribution is -2.23. The molecule has 0 radical (unpaired) electrons. The van der Waals surface area contributed by atoms with Gasteiger partial charge in [-0.25, -0.2) is 9.98 Å². The van der Waals surface area contributed by atoms with Gasteiger partial charge in [0.1, 0.15) is 11.6 Å². The van der Waals surface area contributed by atoms with E-state index in [0.717, 1.165) is 11.1 Å². The Kier molecular flexibility index (Phi) is 5.00. The summed E-state index contributed by atoms with van der Waals surface area (Å²) in [4.78, 5) is 8.48. The highest BCUT2D eigenvalue weighted by Gasteiger charge is 2.07. The van der Waals surface area contributed by atoms with Crippen LogP contribution in [0.4, 0.5) is 5.82 Å². The standard InChI is InChI=1S/C15H17ClN4O/c1-10-5-4-8-18-14(10)20-15(17)19-9-11-12(16)6-3-7-13(11)21-2/h3-8H,9H2,1-2H3,(H3,17,18,19,20). The third-order valence-electron chi connectivity index (χ3n) is 2.96. The number of anilines is 1. The van der Waals surface area contributed by atoms with Crippen molar-refractivity contribution in [3.63, 3.8) is 0 Å². The summed E-state index contributed by atoms with van der Waals surface area (Å²) in [7, 11) is 1.59. The van der Waals surface area contributed by atoms with E-state index in [1.165, 1.54) is 0 Å². The fourth-order valence-corrected chi connectivity index (χ4v) is 2.05. The number of aryl methyl sites for hydroxylation is 1. The van der Waals surface area contributed by atoms with Crippen LogP contribution in [0, 0.1) is 6.92 Å². The van der Waals surface area contributed by atoms with E-state index in [2.05, 4.69) is 15.3 Å². The number of nitrogens with one attached hydrogen (secondary N) is 1. The number of aromatic nitrogens is 1. The van der Waals surface area contributed by atoms with Crippen LogP contribution in [0.15, 0.2) is 41.5 Å². The van der Waals surface area contributed by atoms with Crippen LogP contribution in [0.1, 0.15) is 11.1 Å². The molecule has 0 unspecified atom stereocenters. The third-order valence-corrected chi connectivity index (χ3v) is 3.31. The van der Waals surface area contributed by atoms with Gasteiger partial charge in [-0.05, 0) is 30.7 Å². The van der Waals surface area contributed by atoms with Crippen LogP contribution < -0.4 is 15.8 Å². The van der Waals surface area contributed by atoms with Crippen molar-refractivity contribution in [2.75, 3.05) is 12.4 Å². The summed E-state index contributed by atoms with van der Waals surface area (Å²) < 4.78 is 5.27. The predicted molar refractivity (Wildman–Crippen MR) is 85.9 cm³/mol. The second kappa shape index (κ2) is 6.95. The van der Waals surface area contributed by atoms with Crippen LogP contribution in [0.3, 0.4) is 0 Å². The second-order valence-electron chi connectivity index (χ2n) is 4.42. The van der Waals surface area contributed by atoms with Gasteiger partial charge in [0, 0.05) is 16.8 Å². The van der Waals surface area contributed by atoms with Gasteiger partial charge >= 0.3 is 0 Å². The molecular weight excluding hydrogens is 288 g/mol. The van der Waals surface area contributed by atoms with Gasteiger partial charge in [-0.2, -0.15) is 0 Å². The van der Waals surface area contributed by atoms with E-state index in [4.69, 9.17) is 22.1 Å². The molecule has 1 aromatic carbocycles. The first-order valence-corrected chi connectivity index (χ1v) is 6.79. The maximum absolute atomic E-state index is 6.15. The molecule has 0 aliphatic rings. The molecule has 2 rings (SSSR count). The number of pyridine rings is 1. The molecule has 21 heavy (non-hydrogen) atoms. The number of ether oxygens (including phenoxy) is 1. The van der Waals surface area contributed by atoms with Crippen molar-refractivity contribution in [1.29, 1.82) is 0 Å². The van der Waals surface area contributed by atoms with Gasteiger partial charge < -0.3 is 15.8 Å². The Morgan fingerprint density at radius 3 is 2.90 bits per heavy atom. The van der Waals surface area contributed by atoms with E-state index in [1.54, 1.807) is 19.4 Å². The minimum atomic E-state index is 0.277. The summed E-state index contributed by atoms with van der Waals surface area (Å²) in [6, 6.07) is 9.26. The van der Waals surface area contributed by atoms with Crippen molar-refractivity contribution in [3.05, 3.63) is 52.7 Å². The van der Waals surface area contributed by atoms with Crippen LogP contribution in [-0.4, -0.2) is 18.1 Å². The Balaban J connectivity index is 2.13. The summed E-state index contributed by atoms with van der Waals surface area (Å²) in [6.07, 6.45) is 1.69. The molecule has 0 atom stereocenters. The van der Waals surface area contributed by atoms with Crippen molar-refractivity contribution < 1.29 is 4.74 Å². The highest BCUT2D eigenvalue weighted by molar-refractivity contribution is 6.31. The maximum Gasteiger partial charge on any atom is 0.194 e. The largest absolute Gasteiger partial charge is 0.496 e. The molecule has 5 nitrogen and oxygen atoms in total. The maximum atomic E-state index is 6.15. The number of nitrogens with two attached hydrogens (primary N) is 1. The van der Waals surface area contributed by atoms with Gasteiger partial charge in [0.15, 0.2) is 5.96 Å². The quantitative estimate of drug-likeness (QED) is 0.673. The van der Waals surface area contributed by atoms with E-state index >= 15 is 0 Å². The second-order valence-corrected chi connectivity index (χ2v) is 4.82. The number of hydrogen-bond acceptors (Lipinski definition) is 3. The van der Waals surface area contributed by atoms with Crippen LogP contribution in [0.5, 0.6) is 5.75 Å². The minimum Gasteiger partial charge on any atom is -0.496 e. The van der Waals surface area contributed by atoms with E-state index in [1.807, 2.05) is 31.2 Å². The van der Waals surface area contributed by atoms with Gasteiger partial charge in [0.05, 0.1) is 13.7 Å². The lowest BCUT2D eigenvalue weighted by molar-refractivity contribution is 0.410. The molecule has 0 bridgehead atoms. The monoisotopic (exact) mass is 304 g/mol. The Labute approximate surface area is 128 Å². The summed E-state index contributed by atoms with van der Waals surface area (Å²) in [5.41, 5.74) is 7.67. The zero-order chi connectivity index (χ0) is 15.2. The number of hydrogen-bond donors (Lipinski definition) is 2. The van der Waals surface area contributed by atoms with E-state index in [9.17, 15) is 0 Å². The first kappa shape index (κ1) is 15.1. The molecule has 0 aliphatic heterocycles. The number of methoxy groups -OCH3 is 1. The number of nitrogens with zero attached hydrogens (tertiary/aromatic N) is 2. The van der Waals surface area contributed by atoms with E-state index < -0.39 is 0 Å². The van der Waals surface area contributed by atoms with Gasteiger partial charge in [-0.15, -0.1) is 0 Å². The van der Waals surface area contributed by atoms with Crippen molar-refractivity contribution in [3.8, 4) is 5.75 Å². The first-order chi connectivity index (χ1) is 10.1. The van der Waals surface area contributed by atoms with Gasteiger partial charge in [-0.3, -0.25) is 0 Å². The SMILES string of the molecule is COc1cccc(Cl)c1CN=C(N)Nc1ncccc1C. The molecular formula is C15H17ClN4O. The number of rotatable bonds is 4. The van der Waals surface area contributed by atoms with E-state index in [-0.39, 0.29) is 5.96 Å². The summed E-state index contributed by atoms with van der Waals surface area (Å²) in [5, 5.41) is 3.57. The Bertz CT molecular complexity index is 658. The smallest absolute Gasteiger partial charge is 0.194 e. The molecule has 110 valence electrons. The fraction of sp³-hybridized carbons (Fsp3) is 0.200. The fourth-order valence-electron chi connectivity index (χ4n) is 1.83. The van der Waals surface area contributed by atoms with Crippen LogP contribution in [-0.2, 0) is 6.54 Å². The molecule has 0 fully saturated rings. The predicted octanol–water partition coefficient (Wildman–Crippen LogP) is 2.98. The number of aliphatic imine (C=N–C) groups is 1. The van der Waals surface area contributed by atoms with Gasteiger partial charge in [-0.1, -0.05) is 23.7 Å². The van der Waals surface area contributed by atoms with Crippen LogP contribution in [0.25, 0.3) is 0 Å². The molecule has 2 aromatic rings. The number of benzene rings is 1. The lowest BCUT2D eigenvalue weighted by Gasteiger charge is -2.10. The average Bonchev–Trinajstić information content (AvgIpc) is 2.48. The number of guanidine groups is 1. The summed E-state index contributed by atoms with van der Waals surface area (Å²) >= 11 is 6.15. The molecule has 3 N–H and O–H groups in total. The highest BCUT2D eigenvalue weighted by Crippen LogP contribution is 2.26. The summed E-state index contributed by atoms with van der Waals surface area (Å²) in [6.45, 7) is 2.27. The van der Waals surface area contributed by atoms with Crippen LogP contribution >= 0.6 is 11.6 Å².